The molecule has 0 atom stereocenters. The highest BCUT2D eigenvalue weighted by Crippen LogP contribution is 2.36. The molecule has 0 radical (unpaired) electrons. The van der Waals surface area contributed by atoms with Crippen LogP contribution in [0.2, 0.25) is 5.02 Å². The molecular weight excluding hydrogens is 372 g/mol. The molecule has 144 valence electrons. The van der Waals surface area contributed by atoms with Gasteiger partial charge in [-0.05, 0) is 29.8 Å². The molecule has 0 unspecified atom stereocenters. The van der Waals surface area contributed by atoms with Gasteiger partial charge in [-0.3, -0.25) is 0 Å². The molecule has 0 bridgehead atoms. The molecule has 0 fully saturated rings. The van der Waals surface area contributed by atoms with E-state index in [2.05, 4.69) is 15.3 Å². The van der Waals surface area contributed by atoms with E-state index in [1.807, 2.05) is 30.3 Å². The van der Waals surface area contributed by atoms with Crippen LogP contribution in [0.5, 0.6) is 17.2 Å². The maximum atomic E-state index is 11.0. The van der Waals surface area contributed by atoms with Crippen molar-refractivity contribution in [1.82, 2.24) is 5.43 Å². The van der Waals surface area contributed by atoms with Crippen LogP contribution in [0.15, 0.2) is 47.6 Å². The Morgan fingerprint density at radius 2 is 1.89 bits per heavy atom. The summed E-state index contributed by atoms with van der Waals surface area (Å²) in [5.74, 6) is 1.72. The monoisotopic (exact) mass is 392 g/mol. The Morgan fingerprint density at radius 1 is 1.15 bits per heavy atom. The van der Waals surface area contributed by atoms with Crippen molar-refractivity contribution in [1.29, 1.82) is 0 Å². The van der Waals surface area contributed by atoms with Crippen LogP contribution in [0, 0.1) is 0 Å². The van der Waals surface area contributed by atoms with Gasteiger partial charge < -0.3 is 18.9 Å². The fourth-order valence-corrected chi connectivity index (χ4v) is 2.37. The van der Waals surface area contributed by atoms with Crippen molar-refractivity contribution >= 4 is 23.9 Å². The summed E-state index contributed by atoms with van der Waals surface area (Å²) in [7, 11) is 2.77. The van der Waals surface area contributed by atoms with Gasteiger partial charge >= 0.3 is 6.09 Å². The fraction of sp³-hybridized carbons (Fsp3) is 0.263. The number of hydrogen-bond acceptors (Lipinski definition) is 6. The quantitative estimate of drug-likeness (QED) is 0.398. The van der Waals surface area contributed by atoms with Crippen molar-refractivity contribution in [2.45, 2.75) is 6.42 Å². The third-order valence-corrected chi connectivity index (χ3v) is 3.63. The predicted molar refractivity (Wildman–Crippen MR) is 103 cm³/mol. The van der Waals surface area contributed by atoms with Crippen LogP contribution in [0.3, 0.4) is 0 Å². The number of hydrazone groups is 1. The summed E-state index contributed by atoms with van der Waals surface area (Å²) in [4.78, 5) is 11.0. The predicted octanol–water partition coefficient (Wildman–Crippen LogP) is 3.89. The van der Waals surface area contributed by atoms with Crippen LogP contribution in [0.25, 0.3) is 0 Å². The molecule has 1 amide bonds. The first-order chi connectivity index (χ1) is 13.1. The average Bonchev–Trinajstić information content (AvgIpc) is 2.69. The maximum Gasteiger partial charge on any atom is 0.427 e. The van der Waals surface area contributed by atoms with E-state index >= 15 is 0 Å². The smallest absolute Gasteiger partial charge is 0.427 e. The number of halogens is 1. The minimum absolute atomic E-state index is 0.373. The lowest BCUT2D eigenvalue weighted by Crippen LogP contribution is -2.16. The minimum atomic E-state index is -0.665. The molecule has 8 heteroatoms. The summed E-state index contributed by atoms with van der Waals surface area (Å²) < 4.78 is 21.1. The van der Waals surface area contributed by atoms with Crippen LogP contribution in [-0.2, 0) is 4.74 Å². The number of ether oxygens (including phenoxy) is 4. The van der Waals surface area contributed by atoms with Gasteiger partial charge in [0.05, 0.1) is 38.7 Å². The van der Waals surface area contributed by atoms with E-state index < -0.39 is 6.09 Å². The molecule has 0 saturated heterocycles. The summed E-state index contributed by atoms with van der Waals surface area (Å²) in [6, 6.07) is 12.9. The zero-order chi connectivity index (χ0) is 19.5. The zero-order valence-electron chi connectivity index (χ0n) is 15.1. The number of carbonyl (C=O) groups excluding carboxylic acids is 1. The van der Waals surface area contributed by atoms with Gasteiger partial charge in [0, 0.05) is 6.42 Å². The van der Waals surface area contributed by atoms with Gasteiger partial charge in [-0.2, -0.15) is 5.10 Å². The SMILES string of the molecule is COC(=O)N/N=C/c1cc(Cl)c(OCCCOc2ccccc2)c(OC)c1. The van der Waals surface area contributed by atoms with Crippen molar-refractivity contribution in [3.63, 3.8) is 0 Å². The first-order valence-electron chi connectivity index (χ1n) is 8.19. The highest BCUT2D eigenvalue weighted by Gasteiger charge is 2.11. The molecule has 0 aliphatic heterocycles. The molecule has 0 heterocycles. The van der Waals surface area contributed by atoms with Crippen LogP contribution in [-0.4, -0.2) is 39.7 Å². The molecule has 1 N–H and O–H groups in total. The Kier molecular flexibility index (Phi) is 8.25. The second kappa shape index (κ2) is 10.9. The Balaban J connectivity index is 1.89. The molecular formula is C19H21ClN2O5. The third-order valence-electron chi connectivity index (χ3n) is 3.35. The second-order valence-electron chi connectivity index (χ2n) is 5.26. The molecule has 2 aromatic carbocycles. The largest absolute Gasteiger partial charge is 0.493 e. The summed E-state index contributed by atoms with van der Waals surface area (Å²) >= 11 is 6.28. The Hall–Kier alpha value is -2.93. The average molecular weight is 393 g/mol. The lowest BCUT2D eigenvalue weighted by Gasteiger charge is -2.13. The molecule has 27 heavy (non-hydrogen) atoms. The number of rotatable bonds is 9. The number of hydrogen-bond donors (Lipinski definition) is 1. The van der Waals surface area contributed by atoms with E-state index in [1.54, 1.807) is 12.1 Å². The number of amides is 1. The van der Waals surface area contributed by atoms with Crippen LogP contribution < -0.4 is 19.6 Å². The van der Waals surface area contributed by atoms with Gasteiger partial charge in [-0.15, -0.1) is 0 Å². The number of nitrogens with zero attached hydrogens (tertiary/aromatic N) is 1. The van der Waals surface area contributed by atoms with E-state index in [1.165, 1.54) is 20.4 Å². The fourth-order valence-electron chi connectivity index (χ4n) is 2.10. The van der Waals surface area contributed by atoms with Gasteiger partial charge in [0.2, 0.25) is 0 Å². The highest BCUT2D eigenvalue weighted by atomic mass is 35.5. The number of para-hydroxylation sites is 1. The molecule has 7 nitrogen and oxygen atoms in total. The summed E-state index contributed by atoms with van der Waals surface area (Å²) in [5, 5.41) is 4.13. The molecule has 0 aromatic heterocycles. The molecule has 0 saturated carbocycles. The molecule has 2 aromatic rings. The summed E-state index contributed by atoms with van der Waals surface area (Å²) in [6.45, 7) is 0.939. The van der Waals surface area contributed by atoms with Crippen molar-refractivity contribution in [3.05, 3.63) is 53.1 Å². The standard InChI is InChI=1S/C19H21ClN2O5/c1-24-17-12-14(13-21-22-19(23)25-2)11-16(20)18(17)27-10-6-9-26-15-7-4-3-5-8-15/h3-5,7-8,11-13H,6,9-10H2,1-2H3,(H,22,23)/b21-13+. The second-order valence-corrected chi connectivity index (χ2v) is 5.67. The highest BCUT2D eigenvalue weighted by molar-refractivity contribution is 6.32. The number of benzene rings is 2. The van der Waals surface area contributed by atoms with Crippen LogP contribution in [0.1, 0.15) is 12.0 Å². The normalized spacial score (nSPS) is 10.5. The molecule has 2 rings (SSSR count). The van der Waals surface area contributed by atoms with E-state index in [-0.39, 0.29) is 0 Å². The Bertz CT molecular complexity index is 768. The van der Waals surface area contributed by atoms with Gasteiger partial charge in [0.1, 0.15) is 5.75 Å². The van der Waals surface area contributed by atoms with Crippen molar-refractivity contribution in [2.24, 2.45) is 5.10 Å². The Morgan fingerprint density at radius 3 is 2.59 bits per heavy atom. The topological polar surface area (TPSA) is 78.4 Å². The molecule has 0 spiro atoms. The summed E-state index contributed by atoms with van der Waals surface area (Å²) in [6.07, 6.45) is 1.44. The lowest BCUT2D eigenvalue weighted by molar-refractivity contribution is 0.171. The lowest BCUT2D eigenvalue weighted by atomic mass is 10.2. The van der Waals surface area contributed by atoms with Gasteiger partial charge in [0.15, 0.2) is 11.5 Å². The van der Waals surface area contributed by atoms with E-state index in [4.69, 9.17) is 25.8 Å². The van der Waals surface area contributed by atoms with Gasteiger partial charge in [-0.1, -0.05) is 29.8 Å². The van der Waals surface area contributed by atoms with Crippen molar-refractivity contribution < 1.29 is 23.7 Å². The minimum Gasteiger partial charge on any atom is -0.493 e. The third kappa shape index (κ3) is 6.71. The number of nitrogens with one attached hydrogen (secondary N) is 1. The number of methoxy groups -OCH3 is 2. The van der Waals surface area contributed by atoms with Crippen LogP contribution in [0.4, 0.5) is 4.79 Å². The first-order valence-corrected chi connectivity index (χ1v) is 8.57. The molecule has 0 aliphatic rings. The van der Waals surface area contributed by atoms with Gasteiger partial charge in [-0.25, -0.2) is 10.2 Å². The van der Waals surface area contributed by atoms with Crippen molar-refractivity contribution in [2.75, 3.05) is 27.4 Å². The van der Waals surface area contributed by atoms with Gasteiger partial charge in [0.25, 0.3) is 0 Å². The van der Waals surface area contributed by atoms with E-state index in [0.717, 1.165) is 5.75 Å². The summed E-state index contributed by atoms with van der Waals surface area (Å²) in [5.41, 5.74) is 2.83. The number of carbonyl (C=O) groups is 1. The van der Waals surface area contributed by atoms with E-state index in [0.29, 0.717) is 41.7 Å². The first kappa shape index (κ1) is 20.4. The zero-order valence-corrected chi connectivity index (χ0v) is 15.9. The van der Waals surface area contributed by atoms with Crippen LogP contribution >= 0.6 is 11.6 Å². The molecule has 0 aliphatic carbocycles. The van der Waals surface area contributed by atoms with E-state index in [9.17, 15) is 4.79 Å². The Labute approximate surface area is 162 Å². The van der Waals surface area contributed by atoms with Crippen molar-refractivity contribution in [3.8, 4) is 17.2 Å². The maximum absolute atomic E-state index is 11.0.